The molecule has 1 fully saturated rings. The van der Waals surface area contributed by atoms with Gasteiger partial charge in [-0.05, 0) is 12.8 Å². The van der Waals surface area contributed by atoms with E-state index in [1.54, 1.807) is 0 Å². The highest BCUT2D eigenvalue weighted by atomic mass is 16.5. The Balaban J connectivity index is 2.18. The largest absolute Gasteiger partial charge is 0.376 e. The molecule has 0 radical (unpaired) electrons. The van der Waals surface area contributed by atoms with Gasteiger partial charge in [-0.2, -0.15) is 4.99 Å². The zero-order valence-corrected chi connectivity index (χ0v) is 7.32. The summed E-state index contributed by atoms with van der Waals surface area (Å²) in [5.74, 6) is -0.232. The van der Waals surface area contributed by atoms with Gasteiger partial charge in [-0.1, -0.05) is 0 Å². The van der Waals surface area contributed by atoms with Crippen molar-refractivity contribution in [3.05, 3.63) is 0 Å². The summed E-state index contributed by atoms with van der Waals surface area (Å²) in [5.41, 5.74) is 10.0. The molecule has 1 aliphatic heterocycles. The van der Waals surface area contributed by atoms with Crippen LogP contribution in [0.25, 0.3) is 0 Å². The Labute approximate surface area is 76.3 Å². The van der Waals surface area contributed by atoms with E-state index in [0.717, 1.165) is 19.4 Å². The average Bonchev–Trinajstić information content (AvgIpc) is 2.51. The fourth-order valence-electron chi connectivity index (χ4n) is 1.16. The lowest BCUT2D eigenvalue weighted by Crippen LogP contribution is -2.33. The van der Waals surface area contributed by atoms with Gasteiger partial charge in [0, 0.05) is 13.2 Å². The number of amides is 2. The van der Waals surface area contributed by atoms with Crippen molar-refractivity contribution in [3.63, 3.8) is 0 Å². The second-order valence-electron chi connectivity index (χ2n) is 2.86. The van der Waals surface area contributed by atoms with Gasteiger partial charge in [0.25, 0.3) is 0 Å². The van der Waals surface area contributed by atoms with Gasteiger partial charge < -0.3 is 21.5 Å². The van der Waals surface area contributed by atoms with Crippen LogP contribution in [0.5, 0.6) is 0 Å². The minimum Gasteiger partial charge on any atom is -0.376 e. The van der Waals surface area contributed by atoms with Gasteiger partial charge in [-0.25, -0.2) is 4.79 Å². The Hall–Kier alpha value is -1.30. The SMILES string of the molecule is NC(N)=NC(=O)NCC1CCCO1. The van der Waals surface area contributed by atoms with Gasteiger partial charge in [-0.15, -0.1) is 0 Å². The number of nitrogens with two attached hydrogens (primary N) is 2. The smallest absolute Gasteiger partial charge is 0.344 e. The lowest BCUT2D eigenvalue weighted by Gasteiger charge is -2.08. The highest BCUT2D eigenvalue weighted by Crippen LogP contribution is 2.10. The van der Waals surface area contributed by atoms with Crippen LogP contribution in [0.1, 0.15) is 12.8 Å². The number of urea groups is 1. The van der Waals surface area contributed by atoms with Crippen LogP contribution in [0.15, 0.2) is 4.99 Å². The maximum Gasteiger partial charge on any atom is 0.344 e. The summed E-state index contributed by atoms with van der Waals surface area (Å²) in [6.07, 6.45) is 2.13. The predicted molar refractivity (Wildman–Crippen MR) is 48.2 cm³/mol. The quantitative estimate of drug-likeness (QED) is 0.386. The van der Waals surface area contributed by atoms with Gasteiger partial charge in [0.2, 0.25) is 0 Å². The predicted octanol–water partition coefficient (Wildman–Crippen LogP) is -0.852. The molecule has 0 aliphatic carbocycles. The number of guanidine groups is 1. The lowest BCUT2D eigenvalue weighted by molar-refractivity contribution is 0.112. The first-order chi connectivity index (χ1) is 6.18. The fourth-order valence-corrected chi connectivity index (χ4v) is 1.16. The van der Waals surface area contributed by atoms with Gasteiger partial charge in [-0.3, -0.25) is 0 Å². The molecule has 1 aliphatic rings. The molecular formula is C7H14N4O2. The summed E-state index contributed by atoms with van der Waals surface area (Å²) in [4.78, 5) is 14.2. The highest BCUT2D eigenvalue weighted by molar-refractivity contribution is 5.90. The molecule has 0 aromatic rings. The Morgan fingerprint density at radius 3 is 2.92 bits per heavy atom. The first kappa shape index (κ1) is 9.79. The monoisotopic (exact) mass is 186 g/mol. The summed E-state index contributed by atoms with van der Waals surface area (Å²) >= 11 is 0. The van der Waals surface area contributed by atoms with Crippen LogP contribution in [-0.4, -0.2) is 31.2 Å². The molecule has 6 heteroatoms. The van der Waals surface area contributed by atoms with Crippen molar-refractivity contribution in [2.24, 2.45) is 16.5 Å². The van der Waals surface area contributed by atoms with E-state index in [-0.39, 0.29) is 12.1 Å². The second kappa shape index (κ2) is 4.66. The molecule has 1 unspecified atom stereocenters. The van der Waals surface area contributed by atoms with Gasteiger partial charge in [0.05, 0.1) is 6.10 Å². The minimum absolute atomic E-state index is 0.109. The van der Waals surface area contributed by atoms with E-state index in [4.69, 9.17) is 16.2 Å². The van der Waals surface area contributed by atoms with E-state index in [1.807, 2.05) is 0 Å². The van der Waals surface area contributed by atoms with Crippen LogP contribution >= 0.6 is 0 Å². The van der Waals surface area contributed by atoms with E-state index >= 15 is 0 Å². The Morgan fingerprint density at radius 1 is 1.62 bits per heavy atom. The zero-order chi connectivity index (χ0) is 9.68. The summed E-state index contributed by atoms with van der Waals surface area (Å²) in [6, 6.07) is -0.518. The molecule has 5 N–H and O–H groups in total. The highest BCUT2D eigenvalue weighted by Gasteiger charge is 2.15. The summed E-state index contributed by atoms with van der Waals surface area (Å²) in [5, 5.41) is 2.54. The number of carbonyl (C=O) groups is 1. The first-order valence-corrected chi connectivity index (χ1v) is 4.17. The maximum atomic E-state index is 10.9. The van der Waals surface area contributed by atoms with Gasteiger partial charge in [0.15, 0.2) is 5.96 Å². The van der Waals surface area contributed by atoms with Crippen molar-refractivity contribution in [2.45, 2.75) is 18.9 Å². The van der Waals surface area contributed by atoms with Gasteiger partial charge >= 0.3 is 6.03 Å². The molecule has 1 heterocycles. The van der Waals surface area contributed by atoms with Crippen LogP contribution < -0.4 is 16.8 Å². The Morgan fingerprint density at radius 2 is 2.38 bits per heavy atom. The molecule has 1 rings (SSSR count). The molecule has 0 spiro atoms. The fraction of sp³-hybridized carbons (Fsp3) is 0.714. The molecule has 74 valence electrons. The van der Waals surface area contributed by atoms with Gasteiger partial charge in [0.1, 0.15) is 0 Å². The van der Waals surface area contributed by atoms with Crippen molar-refractivity contribution in [2.75, 3.05) is 13.2 Å². The Kier molecular flexibility index (Phi) is 3.51. The van der Waals surface area contributed by atoms with Crippen molar-refractivity contribution in [1.29, 1.82) is 0 Å². The molecule has 0 aromatic heterocycles. The van der Waals surface area contributed by atoms with Crippen LogP contribution in [0.4, 0.5) is 4.79 Å². The first-order valence-electron chi connectivity index (χ1n) is 4.17. The number of rotatable bonds is 2. The van der Waals surface area contributed by atoms with E-state index in [2.05, 4.69) is 10.3 Å². The number of hydrogen-bond donors (Lipinski definition) is 3. The van der Waals surface area contributed by atoms with Crippen molar-refractivity contribution < 1.29 is 9.53 Å². The maximum absolute atomic E-state index is 10.9. The summed E-state index contributed by atoms with van der Waals surface area (Å²) < 4.78 is 5.28. The van der Waals surface area contributed by atoms with Crippen LogP contribution in [0.3, 0.4) is 0 Å². The number of carbonyl (C=O) groups excluding carboxylic acids is 1. The van der Waals surface area contributed by atoms with Crippen LogP contribution in [0, 0.1) is 0 Å². The van der Waals surface area contributed by atoms with Crippen LogP contribution in [0.2, 0.25) is 0 Å². The summed E-state index contributed by atoms with van der Waals surface area (Å²) in [6.45, 7) is 1.23. The normalized spacial score (nSPS) is 21.1. The number of ether oxygens (including phenoxy) is 1. The van der Waals surface area contributed by atoms with Crippen molar-refractivity contribution >= 4 is 12.0 Å². The molecule has 1 saturated heterocycles. The van der Waals surface area contributed by atoms with Crippen LogP contribution in [-0.2, 0) is 4.74 Å². The molecule has 0 aromatic carbocycles. The zero-order valence-electron chi connectivity index (χ0n) is 7.32. The lowest BCUT2D eigenvalue weighted by atomic mass is 10.2. The molecular weight excluding hydrogens is 172 g/mol. The molecule has 1 atom stereocenters. The van der Waals surface area contributed by atoms with Crippen molar-refractivity contribution in [1.82, 2.24) is 5.32 Å². The third-order valence-corrected chi connectivity index (χ3v) is 1.74. The third-order valence-electron chi connectivity index (χ3n) is 1.74. The minimum atomic E-state index is -0.518. The van der Waals surface area contributed by atoms with Crippen molar-refractivity contribution in [3.8, 4) is 0 Å². The number of nitrogens with one attached hydrogen (secondary N) is 1. The van der Waals surface area contributed by atoms with E-state index in [1.165, 1.54) is 0 Å². The van der Waals surface area contributed by atoms with E-state index in [0.29, 0.717) is 6.54 Å². The standard InChI is InChI=1S/C7H14N4O2/c8-6(9)11-7(12)10-4-5-2-1-3-13-5/h5H,1-4H2,(H5,8,9,10,11,12). The second-order valence-corrected chi connectivity index (χ2v) is 2.86. The number of hydrogen-bond acceptors (Lipinski definition) is 2. The summed E-state index contributed by atoms with van der Waals surface area (Å²) in [7, 11) is 0. The van der Waals surface area contributed by atoms with E-state index in [9.17, 15) is 4.79 Å². The Bertz CT molecular complexity index is 207. The molecule has 13 heavy (non-hydrogen) atoms. The number of aliphatic imine (C=N–C) groups is 1. The third kappa shape index (κ3) is 3.75. The number of nitrogens with zero attached hydrogens (tertiary/aromatic N) is 1. The topological polar surface area (TPSA) is 103 Å². The molecule has 6 nitrogen and oxygen atoms in total. The van der Waals surface area contributed by atoms with E-state index < -0.39 is 6.03 Å². The average molecular weight is 186 g/mol. The molecule has 2 amide bonds. The molecule has 0 saturated carbocycles. The molecule has 0 bridgehead atoms.